The molecular weight excluding hydrogens is 765 g/mol. The van der Waals surface area contributed by atoms with Gasteiger partial charge in [0.05, 0.1) is 23.8 Å². The Kier molecular flexibility index (Phi) is 15.2. The molecule has 0 aromatic heterocycles. The van der Waals surface area contributed by atoms with E-state index in [2.05, 4.69) is 5.32 Å². The van der Waals surface area contributed by atoms with E-state index in [1.54, 1.807) is 11.8 Å². The van der Waals surface area contributed by atoms with Gasteiger partial charge in [-0.15, -0.1) is 11.8 Å². The smallest absolute Gasteiger partial charge is 0.303 e. The first-order valence-corrected chi connectivity index (χ1v) is 19.4. The molecular formula is C40H46N2O12S2. The van der Waals surface area contributed by atoms with Gasteiger partial charge >= 0.3 is 23.9 Å². The molecule has 3 aromatic rings. The highest BCUT2D eigenvalue weighted by molar-refractivity contribution is 7.99. The number of aliphatic hydroxyl groups is 1. The minimum Gasteiger partial charge on any atom is -0.463 e. The number of benzene rings is 3. The van der Waals surface area contributed by atoms with Crippen LogP contribution in [0.5, 0.6) is 0 Å². The van der Waals surface area contributed by atoms with Gasteiger partial charge in [0.2, 0.25) is 0 Å². The molecule has 0 saturated carbocycles. The molecule has 300 valence electrons. The number of hydrogen-bond donors (Lipinski definition) is 3. The van der Waals surface area contributed by atoms with E-state index >= 15 is 0 Å². The van der Waals surface area contributed by atoms with E-state index in [1.165, 1.54) is 13.8 Å². The predicted octanol–water partition coefficient (Wildman–Crippen LogP) is 5.35. The van der Waals surface area contributed by atoms with Crippen LogP contribution in [0.3, 0.4) is 0 Å². The van der Waals surface area contributed by atoms with Gasteiger partial charge in [0, 0.05) is 68.1 Å². The Labute approximate surface area is 334 Å². The van der Waals surface area contributed by atoms with Gasteiger partial charge in [-0.1, -0.05) is 60.7 Å². The number of thiocarbonyl (C=S) groups is 1. The summed E-state index contributed by atoms with van der Waals surface area (Å²) in [5.41, 5.74) is 9.97. The lowest BCUT2D eigenvalue weighted by Gasteiger charge is -2.44. The second-order valence-electron chi connectivity index (χ2n) is 13.3. The highest BCUT2D eigenvalue weighted by Crippen LogP contribution is 2.40. The largest absolute Gasteiger partial charge is 0.463 e. The molecule has 2 heterocycles. The number of nitrogens with two attached hydrogens (primary N) is 1. The second-order valence-corrected chi connectivity index (χ2v) is 14.9. The van der Waals surface area contributed by atoms with Crippen molar-refractivity contribution in [1.82, 2.24) is 0 Å². The predicted molar refractivity (Wildman–Crippen MR) is 209 cm³/mol. The molecule has 0 bridgehead atoms. The van der Waals surface area contributed by atoms with E-state index in [9.17, 15) is 24.3 Å². The molecule has 0 amide bonds. The molecule has 2 aliphatic heterocycles. The Morgan fingerprint density at radius 2 is 1.46 bits per heavy atom. The van der Waals surface area contributed by atoms with Gasteiger partial charge in [0.1, 0.15) is 18.8 Å². The van der Waals surface area contributed by atoms with Crippen LogP contribution < -0.4 is 11.1 Å². The maximum absolute atomic E-state index is 12.3. The molecule has 2 aliphatic rings. The van der Waals surface area contributed by atoms with E-state index in [-0.39, 0.29) is 36.8 Å². The first kappa shape index (κ1) is 42.6. The van der Waals surface area contributed by atoms with Crippen molar-refractivity contribution >= 4 is 64.2 Å². The number of rotatable bonds is 14. The zero-order valence-electron chi connectivity index (χ0n) is 31.4. The summed E-state index contributed by atoms with van der Waals surface area (Å²) in [6, 6.07) is 22.7. The number of anilines is 2. The fourth-order valence-corrected chi connectivity index (χ4v) is 7.73. The molecule has 1 unspecified atom stereocenters. The molecule has 56 heavy (non-hydrogen) atoms. The normalized spacial score (nSPS) is 24.7. The standard InChI is InChI=1S/C40H46N2O12S2/c1-22(44)48-20-34-38(50-24(3)46)39(51-25(4)47)37(49-23(2)45)33(53-34)18-36(55)42-29-9-7-8-28(16-29)40-52-30(21-56-35-11-6-5-10-31(35)41)17-32(54-40)27-14-12-26(19-43)13-15-27/h5-16,30,32-34,37-40,43H,17-21,41H2,1-4H3,(H,42,55)/t30-,32+,33-,34+,37-,38+,39+,40?/m0/s1. The lowest BCUT2D eigenvalue weighted by Crippen LogP contribution is -2.62. The van der Waals surface area contributed by atoms with Crippen LogP contribution in [-0.2, 0) is 58.9 Å². The Morgan fingerprint density at radius 1 is 0.804 bits per heavy atom. The van der Waals surface area contributed by atoms with E-state index in [0.29, 0.717) is 23.5 Å². The summed E-state index contributed by atoms with van der Waals surface area (Å²) in [6.07, 6.45) is -6.63. The van der Waals surface area contributed by atoms with Crippen LogP contribution in [0.1, 0.15) is 69.6 Å². The van der Waals surface area contributed by atoms with Crippen molar-refractivity contribution in [3.05, 3.63) is 89.5 Å². The number of carbonyl (C=O) groups excluding carboxylic acids is 4. The Balaban J connectivity index is 1.35. The average Bonchev–Trinajstić information content (AvgIpc) is 3.15. The Hall–Kier alpha value is -4.58. The van der Waals surface area contributed by atoms with Crippen LogP contribution in [0.4, 0.5) is 11.4 Å². The van der Waals surface area contributed by atoms with Crippen molar-refractivity contribution in [2.45, 2.75) is 101 Å². The van der Waals surface area contributed by atoms with Crippen molar-refractivity contribution in [2.24, 2.45) is 0 Å². The number of thioether (sulfide) groups is 1. The second kappa shape index (κ2) is 20.0. The molecule has 3 aromatic carbocycles. The number of carbonyl (C=O) groups is 4. The quantitative estimate of drug-likeness (QED) is 0.0620. The lowest BCUT2D eigenvalue weighted by atomic mass is 9.92. The van der Waals surface area contributed by atoms with Gasteiger partial charge in [0.15, 0.2) is 24.6 Å². The number of nitrogen functional groups attached to an aromatic ring is 1. The number of hydrogen-bond acceptors (Lipinski definition) is 15. The molecule has 8 atom stereocenters. The fourth-order valence-electron chi connectivity index (χ4n) is 6.46. The fraction of sp³-hybridized carbons (Fsp3) is 0.425. The summed E-state index contributed by atoms with van der Waals surface area (Å²) >= 11 is 7.37. The molecule has 0 radical (unpaired) electrons. The molecule has 0 spiro atoms. The number of nitrogens with one attached hydrogen (secondary N) is 1. The molecule has 2 fully saturated rings. The number of esters is 4. The molecule has 16 heteroatoms. The molecule has 0 aliphatic carbocycles. The van der Waals surface area contributed by atoms with Crippen molar-refractivity contribution in [3.8, 4) is 0 Å². The molecule has 14 nitrogen and oxygen atoms in total. The summed E-state index contributed by atoms with van der Waals surface area (Å²) in [4.78, 5) is 49.6. The van der Waals surface area contributed by atoms with Gasteiger partial charge in [-0.2, -0.15) is 0 Å². The minimum absolute atomic E-state index is 0.0388. The number of aliphatic hydroxyl groups excluding tert-OH is 1. The topological polar surface area (TPSA) is 191 Å². The van der Waals surface area contributed by atoms with Crippen LogP contribution in [-0.4, -0.2) is 83.0 Å². The highest BCUT2D eigenvalue weighted by Gasteiger charge is 2.52. The highest BCUT2D eigenvalue weighted by atomic mass is 32.2. The maximum Gasteiger partial charge on any atom is 0.303 e. The van der Waals surface area contributed by atoms with Crippen LogP contribution in [0.2, 0.25) is 0 Å². The van der Waals surface area contributed by atoms with Gasteiger partial charge < -0.3 is 49.3 Å². The van der Waals surface area contributed by atoms with Gasteiger partial charge in [-0.25, -0.2) is 0 Å². The Bertz CT molecular complexity index is 1860. The van der Waals surface area contributed by atoms with E-state index in [0.717, 1.165) is 35.4 Å². The van der Waals surface area contributed by atoms with Gasteiger partial charge in [-0.05, 0) is 35.4 Å². The zero-order chi connectivity index (χ0) is 40.4. The van der Waals surface area contributed by atoms with Crippen molar-refractivity contribution in [2.75, 3.05) is 23.4 Å². The maximum atomic E-state index is 12.3. The van der Waals surface area contributed by atoms with E-state index in [1.807, 2.05) is 72.8 Å². The summed E-state index contributed by atoms with van der Waals surface area (Å²) in [5, 5.41) is 12.8. The summed E-state index contributed by atoms with van der Waals surface area (Å²) in [7, 11) is 0. The van der Waals surface area contributed by atoms with Gasteiger partial charge in [0.25, 0.3) is 0 Å². The van der Waals surface area contributed by atoms with Crippen LogP contribution >= 0.6 is 24.0 Å². The first-order valence-electron chi connectivity index (χ1n) is 18.0. The van der Waals surface area contributed by atoms with E-state index in [4.69, 9.17) is 51.1 Å². The number of para-hydroxylation sites is 1. The minimum atomic E-state index is -1.30. The van der Waals surface area contributed by atoms with E-state index < -0.39 is 60.7 Å². The third-order valence-electron chi connectivity index (χ3n) is 8.87. The first-order chi connectivity index (χ1) is 26.8. The molecule has 2 saturated heterocycles. The third-order valence-corrected chi connectivity index (χ3v) is 10.4. The van der Waals surface area contributed by atoms with Crippen LogP contribution in [0.15, 0.2) is 77.7 Å². The summed E-state index contributed by atoms with van der Waals surface area (Å²) < 4.78 is 41.1. The van der Waals surface area contributed by atoms with Crippen molar-refractivity contribution in [1.29, 1.82) is 0 Å². The summed E-state index contributed by atoms with van der Waals surface area (Å²) in [6.45, 7) is 4.30. The SMILES string of the molecule is CC(=O)OC[C@H]1O[C@@H](CC(=S)Nc2cccc(C3O[C@H](CSc4ccccc4N)C[C@H](c4ccc(CO)cc4)O3)c2)[C@H](OC(C)=O)[C@@H](OC(C)=O)[C@@H]1OC(C)=O. The molecule has 4 N–H and O–H groups in total. The lowest BCUT2D eigenvalue weighted by molar-refractivity contribution is -0.251. The average molecular weight is 811 g/mol. The van der Waals surface area contributed by atoms with Crippen LogP contribution in [0, 0.1) is 0 Å². The van der Waals surface area contributed by atoms with Crippen LogP contribution in [0.25, 0.3) is 0 Å². The van der Waals surface area contributed by atoms with Crippen molar-refractivity contribution < 1.29 is 57.4 Å². The third kappa shape index (κ3) is 12.0. The van der Waals surface area contributed by atoms with Gasteiger partial charge in [-0.3, -0.25) is 19.2 Å². The van der Waals surface area contributed by atoms with Crippen molar-refractivity contribution in [3.63, 3.8) is 0 Å². The zero-order valence-corrected chi connectivity index (χ0v) is 33.0. The molecule has 5 rings (SSSR count). The Morgan fingerprint density at radius 3 is 2.11 bits per heavy atom. The summed E-state index contributed by atoms with van der Waals surface area (Å²) in [5.74, 6) is -2.14. The monoisotopic (exact) mass is 810 g/mol. The number of ether oxygens (including phenoxy) is 7.